The summed E-state index contributed by atoms with van der Waals surface area (Å²) in [5.74, 6) is -0.661. The minimum atomic E-state index is -0.700. The lowest BCUT2D eigenvalue weighted by molar-refractivity contribution is -0.384. The maximum atomic E-state index is 11.7. The lowest BCUT2D eigenvalue weighted by Crippen LogP contribution is -2.14. The molecule has 0 N–H and O–H groups in total. The second kappa shape index (κ2) is 6.02. The molecular weight excluding hydrogens is 281 g/mol. The number of nitro groups is 1. The molecule has 0 amide bonds. The summed E-state index contributed by atoms with van der Waals surface area (Å²) in [6, 6.07) is 2.31. The molecule has 18 heavy (non-hydrogen) atoms. The highest BCUT2D eigenvalue weighted by molar-refractivity contribution is 6.43. The minimum Gasteiger partial charge on any atom is -0.459 e. The average molecular weight is 292 g/mol. The first-order valence-corrected chi connectivity index (χ1v) is 5.96. The molecule has 0 fully saturated rings. The number of rotatable bonds is 4. The van der Waals surface area contributed by atoms with Gasteiger partial charge < -0.3 is 4.74 Å². The van der Waals surface area contributed by atoms with Gasteiger partial charge in [0, 0.05) is 6.07 Å². The zero-order chi connectivity index (χ0) is 13.9. The van der Waals surface area contributed by atoms with Gasteiger partial charge in [-0.3, -0.25) is 10.1 Å². The van der Waals surface area contributed by atoms with Gasteiger partial charge in [0.1, 0.15) is 5.02 Å². The average Bonchev–Trinajstić information content (AvgIpc) is 2.31. The zero-order valence-electron chi connectivity index (χ0n) is 9.78. The number of nitro benzene ring substituents is 1. The van der Waals surface area contributed by atoms with E-state index in [0.29, 0.717) is 6.42 Å². The Bertz CT molecular complexity index is 490. The number of nitrogens with zero attached hydrogens (tertiary/aromatic N) is 1. The third-order valence-electron chi connectivity index (χ3n) is 2.32. The Morgan fingerprint density at radius 2 is 2.11 bits per heavy atom. The molecule has 0 heterocycles. The van der Waals surface area contributed by atoms with Gasteiger partial charge in [-0.2, -0.15) is 0 Å². The van der Waals surface area contributed by atoms with Gasteiger partial charge in [0.25, 0.3) is 5.69 Å². The van der Waals surface area contributed by atoms with Crippen molar-refractivity contribution in [3.05, 3.63) is 37.9 Å². The standard InChI is InChI=1S/C11H11Cl2NO4/c1-3-6(2)18-11(15)7-4-8(12)10(13)9(5-7)14(16)17/h4-6H,3H2,1-2H3. The van der Waals surface area contributed by atoms with Crippen LogP contribution in [0.4, 0.5) is 5.69 Å². The Labute approximate surface area is 114 Å². The Hall–Kier alpha value is -1.33. The van der Waals surface area contributed by atoms with Crippen molar-refractivity contribution in [2.24, 2.45) is 0 Å². The van der Waals surface area contributed by atoms with Crippen LogP contribution in [0.15, 0.2) is 12.1 Å². The maximum Gasteiger partial charge on any atom is 0.338 e. The third kappa shape index (κ3) is 3.34. The summed E-state index contributed by atoms with van der Waals surface area (Å²) in [5, 5.41) is 10.5. The van der Waals surface area contributed by atoms with Crippen molar-refractivity contribution in [1.29, 1.82) is 0 Å². The quantitative estimate of drug-likeness (QED) is 0.480. The van der Waals surface area contributed by atoms with Crippen LogP contribution in [-0.4, -0.2) is 17.0 Å². The van der Waals surface area contributed by atoms with E-state index in [1.807, 2.05) is 6.92 Å². The van der Waals surface area contributed by atoms with E-state index in [1.54, 1.807) is 6.92 Å². The second-order valence-corrected chi connectivity index (χ2v) is 4.46. The Morgan fingerprint density at radius 3 is 2.61 bits per heavy atom. The lowest BCUT2D eigenvalue weighted by atomic mass is 10.2. The maximum absolute atomic E-state index is 11.7. The molecule has 0 aliphatic heterocycles. The monoisotopic (exact) mass is 291 g/mol. The predicted molar refractivity (Wildman–Crippen MR) is 68.3 cm³/mol. The number of carbonyl (C=O) groups is 1. The van der Waals surface area contributed by atoms with E-state index in [9.17, 15) is 14.9 Å². The summed E-state index contributed by atoms with van der Waals surface area (Å²) < 4.78 is 5.05. The number of ether oxygens (including phenoxy) is 1. The van der Waals surface area contributed by atoms with E-state index in [-0.39, 0.29) is 21.7 Å². The topological polar surface area (TPSA) is 69.4 Å². The van der Waals surface area contributed by atoms with Gasteiger partial charge in [0.2, 0.25) is 0 Å². The van der Waals surface area contributed by atoms with Crippen LogP contribution in [0.25, 0.3) is 0 Å². The van der Waals surface area contributed by atoms with Crippen molar-refractivity contribution in [3.8, 4) is 0 Å². The van der Waals surface area contributed by atoms with Crippen LogP contribution in [0.2, 0.25) is 10.0 Å². The van der Waals surface area contributed by atoms with E-state index in [0.717, 1.165) is 6.07 Å². The molecule has 0 aliphatic rings. The molecule has 7 heteroatoms. The molecule has 0 aromatic heterocycles. The van der Waals surface area contributed by atoms with E-state index >= 15 is 0 Å². The molecule has 0 spiro atoms. The molecule has 1 unspecified atom stereocenters. The number of hydrogen-bond acceptors (Lipinski definition) is 4. The van der Waals surface area contributed by atoms with Gasteiger partial charge in [0.15, 0.2) is 0 Å². The fraction of sp³-hybridized carbons (Fsp3) is 0.364. The van der Waals surface area contributed by atoms with Crippen LogP contribution < -0.4 is 0 Å². The fourth-order valence-corrected chi connectivity index (χ4v) is 1.55. The van der Waals surface area contributed by atoms with E-state index in [1.165, 1.54) is 6.07 Å². The van der Waals surface area contributed by atoms with Gasteiger partial charge >= 0.3 is 5.97 Å². The first-order valence-electron chi connectivity index (χ1n) is 5.21. The summed E-state index contributed by atoms with van der Waals surface area (Å²) >= 11 is 11.4. The van der Waals surface area contributed by atoms with Crippen molar-refractivity contribution < 1.29 is 14.5 Å². The van der Waals surface area contributed by atoms with E-state index < -0.39 is 16.6 Å². The van der Waals surface area contributed by atoms with Crippen molar-refractivity contribution >= 4 is 34.9 Å². The molecule has 1 rings (SSSR count). The van der Waals surface area contributed by atoms with Crippen LogP contribution in [0, 0.1) is 10.1 Å². The van der Waals surface area contributed by atoms with Crippen molar-refractivity contribution in [3.63, 3.8) is 0 Å². The number of hydrogen-bond donors (Lipinski definition) is 0. The van der Waals surface area contributed by atoms with Crippen LogP contribution in [-0.2, 0) is 4.74 Å². The molecule has 1 aromatic carbocycles. The molecule has 0 aliphatic carbocycles. The van der Waals surface area contributed by atoms with Crippen LogP contribution >= 0.6 is 23.2 Å². The van der Waals surface area contributed by atoms with Gasteiger partial charge in [-0.25, -0.2) is 4.79 Å². The smallest absolute Gasteiger partial charge is 0.338 e. The molecule has 1 aromatic rings. The molecule has 0 radical (unpaired) electrons. The highest BCUT2D eigenvalue weighted by atomic mass is 35.5. The van der Waals surface area contributed by atoms with Crippen LogP contribution in [0.3, 0.4) is 0 Å². The molecule has 98 valence electrons. The molecule has 0 bridgehead atoms. The Balaban J connectivity index is 3.11. The third-order valence-corrected chi connectivity index (χ3v) is 3.12. The molecule has 5 nitrogen and oxygen atoms in total. The summed E-state index contributed by atoms with van der Waals surface area (Å²) in [5.41, 5.74) is -0.406. The van der Waals surface area contributed by atoms with Crippen LogP contribution in [0.1, 0.15) is 30.6 Å². The minimum absolute atomic E-state index is 0.0106. The van der Waals surface area contributed by atoms with Gasteiger partial charge in [-0.1, -0.05) is 30.1 Å². The molecule has 0 saturated heterocycles. The summed E-state index contributed by atoms with van der Waals surface area (Å²) in [6.07, 6.45) is 0.376. The Morgan fingerprint density at radius 1 is 1.50 bits per heavy atom. The zero-order valence-corrected chi connectivity index (χ0v) is 11.3. The molecule has 1 atom stereocenters. The van der Waals surface area contributed by atoms with E-state index in [2.05, 4.69) is 0 Å². The van der Waals surface area contributed by atoms with Crippen molar-refractivity contribution in [2.75, 3.05) is 0 Å². The van der Waals surface area contributed by atoms with E-state index in [4.69, 9.17) is 27.9 Å². The second-order valence-electron chi connectivity index (χ2n) is 3.67. The predicted octanol–water partition coefficient (Wildman–Crippen LogP) is 3.86. The first kappa shape index (κ1) is 14.7. The Kier molecular flexibility index (Phi) is 4.93. The highest BCUT2D eigenvalue weighted by Crippen LogP contribution is 2.33. The normalized spacial score (nSPS) is 12.0. The first-order chi connectivity index (χ1) is 8.36. The highest BCUT2D eigenvalue weighted by Gasteiger charge is 2.21. The fourth-order valence-electron chi connectivity index (χ4n) is 1.16. The van der Waals surface area contributed by atoms with Gasteiger partial charge in [-0.15, -0.1) is 0 Å². The SMILES string of the molecule is CCC(C)OC(=O)c1cc(Cl)c(Cl)c([N+](=O)[O-])c1. The number of carbonyl (C=O) groups excluding carboxylic acids is 1. The van der Waals surface area contributed by atoms with Crippen LogP contribution in [0.5, 0.6) is 0 Å². The largest absolute Gasteiger partial charge is 0.459 e. The van der Waals surface area contributed by atoms with Gasteiger partial charge in [0.05, 0.1) is 21.6 Å². The summed E-state index contributed by atoms with van der Waals surface area (Å²) in [4.78, 5) is 21.7. The van der Waals surface area contributed by atoms with Crippen molar-refractivity contribution in [1.82, 2.24) is 0 Å². The number of esters is 1. The number of halogens is 2. The molecule has 0 saturated carbocycles. The molecular formula is C11H11Cl2NO4. The number of benzene rings is 1. The lowest BCUT2D eigenvalue weighted by Gasteiger charge is -2.11. The summed E-state index contributed by atoms with van der Waals surface area (Å²) in [6.45, 7) is 3.58. The van der Waals surface area contributed by atoms with Crippen molar-refractivity contribution in [2.45, 2.75) is 26.4 Å². The van der Waals surface area contributed by atoms with Gasteiger partial charge in [-0.05, 0) is 19.4 Å². The summed E-state index contributed by atoms with van der Waals surface area (Å²) in [7, 11) is 0.